The fourth-order valence-electron chi connectivity index (χ4n) is 5.31. The Labute approximate surface area is 170 Å². The number of carbonyl (C=O) groups excluding carboxylic acids is 1. The summed E-state index contributed by atoms with van der Waals surface area (Å²) in [4.78, 5) is 31.7. The van der Waals surface area contributed by atoms with E-state index in [1.54, 1.807) is 6.92 Å². The Morgan fingerprint density at radius 1 is 1.14 bits per heavy atom. The van der Waals surface area contributed by atoms with Crippen molar-refractivity contribution in [2.45, 2.75) is 64.2 Å². The van der Waals surface area contributed by atoms with Crippen LogP contribution in [0.2, 0.25) is 0 Å². The lowest BCUT2D eigenvalue weighted by atomic mass is 9.67. The Hall–Kier alpha value is -2.76. The molecule has 2 aliphatic carbocycles. The van der Waals surface area contributed by atoms with E-state index in [0.717, 1.165) is 49.8 Å². The highest BCUT2D eigenvalue weighted by Gasteiger charge is 2.41. The molecule has 0 saturated heterocycles. The summed E-state index contributed by atoms with van der Waals surface area (Å²) >= 11 is 0. The van der Waals surface area contributed by atoms with Gasteiger partial charge in [0.05, 0.1) is 17.1 Å². The second-order valence-electron chi connectivity index (χ2n) is 8.65. The molecule has 1 amide bonds. The summed E-state index contributed by atoms with van der Waals surface area (Å²) in [5.74, 6) is -0.944. The van der Waals surface area contributed by atoms with Crippen molar-refractivity contribution in [2.75, 3.05) is 0 Å². The fraction of sp³-hybridized carbons (Fsp3) is 0.478. The molecule has 2 aromatic rings. The molecule has 1 heterocycles. The highest BCUT2D eigenvalue weighted by atomic mass is 16.4. The Balaban J connectivity index is 1.63. The van der Waals surface area contributed by atoms with E-state index in [1.807, 2.05) is 6.92 Å². The molecule has 152 valence electrons. The van der Waals surface area contributed by atoms with Gasteiger partial charge in [0.1, 0.15) is 5.69 Å². The van der Waals surface area contributed by atoms with Crippen molar-refractivity contribution >= 4 is 11.9 Å². The number of primary amides is 1. The largest absolute Gasteiger partial charge is 0.481 e. The van der Waals surface area contributed by atoms with Gasteiger partial charge >= 0.3 is 5.97 Å². The van der Waals surface area contributed by atoms with Crippen LogP contribution in [0, 0.1) is 19.8 Å². The van der Waals surface area contributed by atoms with Crippen LogP contribution in [0.5, 0.6) is 0 Å². The van der Waals surface area contributed by atoms with Crippen molar-refractivity contribution in [1.29, 1.82) is 0 Å². The molecule has 1 aromatic heterocycles. The molecular weight excluding hydrogens is 366 g/mol. The molecule has 3 N–H and O–H groups in total. The molecule has 1 aromatic carbocycles. The quantitative estimate of drug-likeness (QED) is 0.824. The van der Waals surface area contributed by atoms with Crippen LogP contribution in [0.15, 0.2) is 18.2 Å². The maximum Gasteiger partial charge on any atom is 0.303 e. The molecule has 1 saturated carbocycles. The van der Waals surface area contributed by atoms with E-state index in [-0.39, 0.29) is 17.5 Å². The van der Waals surface area contributed by atoms with Crippen LogP contribution in [-0.2, 0) is 16.6 Å². The lowest BCUT2D eigenvalue weighted by molar-refractivity contribution is -0.138. The fourth-order valence-corrected chi connectivity index (χ4v) is 5.31. The first-order valence-corrected chi connectivity index (χ1v) is 10.3. The lowest BCUT2D eigenvalue weighted by Gasteiger charge is -2.38. The summed E-state index contributed by atoms with van der Waals surface area (Å²) in [6.07, 6.45) is 6.52. The number of carbonyl (C=O) groups is 2. The molecule has 4 rings (SSSR count). The molecule has 0 radical (unpaired) electrons. The minimum Gasteiger partial charge on any atom is -0.481 e. The van der Waals surface area contributed by atoms with Crippen LogP contribution in [0.25, 0.3) is 11.3 Å². The van der Waals surface area contributed by atoms with Gasteiger partial charge in [-0.1, -0.05) is 12.1 Å². The second-order valence-corrected chi connectivity index (χ2v) is 8.65. The van der Waals surface area contributed by atoms with E-state index in [4.69, 9.17) is 10.8 Å². The molecule has 6 nitrogen and oxygen atoms in total. The molecule has 1 spiro atoms. The number of carboxylic acids is 1. The number of benzene rings is 1. The number of amides is 1. The number of carboxylic acid groups (broad SMARTS) is 1. The van der Waals surface area contributed by atoms with Crippen molar-refractivity contribution in [1.82, 2.24) is 9.97 Å². The van der Waals surface area contributed by atoms with Gasteiger partial charge in [-0.15, -0.1) is 0 Å². The van der Waals surface area contributed by atoms with Crippen molar-refractivity contribution in [2.24, 2.45) is 11.7 Å². The van der Waals surface area contributed by atoms with E-state index in [1.165, 1.54) is 11.1 Å². The van der Waals surface area contributed by atoms with Gasteiger partial charge in [-0.25, -0.2) is 4.98 Å². The predicted molar refractivity (Wildman–Crippen MR) is 110 cm³/mol. The number of nitrogens with two attached hydrogens (primary N) is 1. The molecule has 2 aliphatic rings. The van der Waals surface area contributed by atoms with Gasteiger partial charge in [-0.2, -0.15) is 0 Å². The molecule has 0 bridgehead atoms. The molecule has 0 atom stereocenters. The Morgan fingerprint density at radius 3 is 2.52 bits per heavy atom. The lowest BCUT2D eigenvalue weighted by Crippen LogP contribution is -2.30. The van der Waals surface area contributed by atoms with Gasteiger partial charge in [-0.3, -0.25) is 14.6 Å². The summed E-state index contributed by atoms with van der Waals surface area (Å²) in [6, 6.07) is 6.47. The summed E-state index contributed by atoms with van der Waals surface area (Å²) in [6.45, 7) is 3.65. The number of aliphatic carboxylic acids is 1. The maximum atomic E-state index is 11.7. The summed E-state index contributed by atoms with van der Waals surface area (Å²) < 4.78 is 0. The average Bonchev–Trinajstić information content (AvgIpc) is 3.01. The first-order valence-electron chi connectivity index (χ1n) is 10.3. The minimum absolute atomic E-state index is 0.190. The number of rotatable bonds is 4. The van der Waals surface area contributed by atoms with Gasteiger partial charge in [-0.05, 0) is 80.9 Å². The molecule has 6 heteroatoms. The number of nitrogens with zero attached hydrogens (tertiary/aromatic N) is 2. The van der Waals surface area contributed by atoms with E-state index in [2.05, 4.69) is 28.2 Å². The highest BCUT2D eigenvalue weighted by molar-refractivity contribution is 5.92. The standard InChI is InChI=1S/C23H27N3O3/c1-13-20(26-21(22(24)29)14(2)25-13)17-3-4-18-16(12-17)7-10-23(18)8-5-15(6-9-23)11-19(27)28/h3-4,12,15H,5-11H2,1-2H3,(H2,24,29)(H,27,28)/t15-,23+. The first kappa shape index (κ1) is 19.6. The normalized spacial score (nSPS) is 23.2. The Morgan fingerprint density at radius 2 is 1.86 bits per heavy atom. The van der Waals surface area contributed by atoms with Gasteiger partial charge in [0.2, 0.25) is 0 Å². The minimum atomic E-state index is -0.688. The summed E-state index contributed by atoms with van der Waals surface area (Å²) in [7, 11) is 0. The molecular formula is C23H27N3O3. The maximum absolute atomic E-state index is 11.7. The monoisotopic (exact) mass is 393 g/mol. The third kappa shape index (κ3) is 3.52. The van der Waals surface area contributed by atoms with Crippen LogP contribution in [0.4, 0.5) is 0 Å². The van der Waals surface area contributed by atoms with Crippen molar-refractivity contribution in [3.8, 4) is 11.3 Å². The highest BCUT2D eigenvalue weighted by Crippen LogP contribution is 2.51. The van der Waals surface area contributed by atoms with E-state index in [0.29, 0.717) is 17.3 Å². The van der Waals surface area contributed by atoms with Gasteiger partial charge in [0.15, 0.2) is 0 Å². The topological polar surface area (TPSA) is 106 Å². The zero-order chi connectivity index (χ0) is 20.8. The van der Waals surface area contributed by atoms with Crippen molar-refractivity contribution in [3.05, 3.63) is 46.4 Å². The van der Waals surface area contributed by atoms with Crippen LogP contribution in [0.3, 0.4) is 0 Å². The Bertz CT molecular complexity index is 991. The van der Waals surface area contributed by atoms with Crippen molar-refractivity contribution in [3.63, 3.8) is 0 Å². The van der Waals surface area contributed by atoms with Crippen LogP contribution >= 0.6 is 0 Å². The number of fused-ring (bicyclic) bond motifs is 2. The molecule has 1 fully saturated rings. The molecule has 29 heavy (non-hydrogen) atoms. The van der Waals surface area contributed by atoms with E-state index in [9.17, 15) is 9.59 Å². The first-order chi connectivity index (χ1) is 13.8. The average molecular weight is 393 g/mol. The summed E-state index contributed by atoms with van der Waals surface area (Å²) in [5.41, 5.74) is 11.6. The summed E-state index contributed by atoms with van der Waals surface area (Å²) in [5, 5.41) is 9.07. The van der Waals surface area contributed by atoms with Gasteiger partial charge in [0.25, 0.3) is 5.91 Å². The zero-order valence-electron chi connectivity index (χ0n) is 17.0. The number of aryl methyl sites for hydroxylation is 3. The third-order valence-corrected chi connectivity index (χ3v) is 6.83. The van der Waals surface area contributed by atoms with Crippen LogP contribution < -0.4 is 5.73 Å². The van der Waals surface area contributed by atoms with E-state index >= 15 is 0 Å². The van der Waals surface area contributed by atoms with Gasteiger partial charge in [0, 0.05) is 12.0 Å². The van der Waals surface area contributed by atoms with Crippen molar-refractivity contribution < 1.29 is 14.7 Å². The SMILES string of the molecule is Cc1nc(C)c(-c2ccc3c(c2)CC[C@]32CC[C@H](CC(=O)O)CC2)nc1C(N)=O. The smallest absolute Gasteiger partial charge is 0.303 e. The number of aromatic nitrogens is 2. The Kier molecular flexibility index (Phi) is 4.89. The van der Waals surface area contributed by atoms with E-state index < -0.39 is 11.9 Å². The zero-order valence-corrected chi connectivity index (χ0v) is 17.0. The van der Waals surface area contributed by atoms with Crippen LogP contribution in [-0.4, -0.2) is 27.0 Å². The van der Waals surface area contributed by atoms with Gasteiger partial charge < -0.3 is 10.8 Å². The second kappa shape index (κ2) is 7.25. The molecule has 0 unspecified atom stereocenters. The third-order valence-electron chi connectivity index (χ3n) is 6.83. The van der Waals surface area contributed by atoms with Crippen LogP contribution in [0.1, 0.15) is 71.5 Å². The number of hydrogen-bond acceptors (Lipinski definition) is 4. The molecule has 0 aliphatic heterocycles. The number of hydrogen-bond donors (Lipinski definition) is 2. The predicted octanol–water partition coefficient (Wildman–Crippen LogP) is 3.71.